The van der Waals surface area contributed by atoms with Crippen molar-refractivity contribution < 1.29 is 9.50 Å². The molecule has 0 radical (unpaired) electrons. The summed E-state index contributed by atoms with van der Waals surface area (Å²) in [5.74, 6) is -0.241. The minimum Gasteiger partial charge on any atom is -0.388 e. The van der Waals surface area contributed by atoms with Crippen LogP contribution in [-0.2, 0) is 0 Å². The van der Waals surface area contributed by atoms with Crippen LogP contribution in [0.3, 0.4) is 0 Å². The van der Waals surface area contributed by atoms with Gasteiger partial charge in [-0.1, -0.05) is 51.5 Å². The van der Waals surface area contributed by atoms with E-state index >= 15 is 0 Å². The number of hydrogen-bond donors (Lipinski definition) is 1. The van der Waals surface area contributed by atoms with Crippen molar-refractivity contribution in [3.8, 4) is 0 Å². The van der Waals surface area contributed by atoms with E-state index in [-0.39, 0.29) is 5.82 Å². The monoisotopic (exact) mass is 364 g/mol. The molecular weight excluding hydrogens is 342 g/mol. The average molecular weight is 364 g/mol. The molecule has 0 saturated heterocycles. The molecule has 1 rings (SSSR count). The molecule has 0 fully saturated rings. The van der Waals surface area contributed by atoms with Crippen molar-refractivity contribution >= 4 is 22.6 Å². The molecule has 0 heterocycles. The van der Waals surface area contributed by atoms with E-state index in [1.54, 1.807) is 6.07 Å². The van der Waals surface area contributed by atoms with Crippen molar-refractivity contribution in [3.05, 3.63) is 33.1 Å². The molecule has 18 heavy (non-hydrogen) atoms. The Labute approximate surface area is 123 Å². The Kier molecular flexibility index (Phi) is 7.82. The van der Waals surface area contributed by atoms with Gasteiger partial charge < -0.3 is 5.11 Å². The third kappa shape index (κ3) is 5.65. The summed E-state index contributed by atoms with van der Waals surface area (Å²) in [5, 5.41) is 10.1. The fraction of sp³-hybridized carbons (Fsp3) is 0.600. The lowest BCUT2D eigenvalue weighted by Crippen LogP contribution is -2.00. The van der Waals surface area contributed by atoms with Crippen molar-refractivity contribution in [2.45, 2.75) is 58.0 Å². The van der Waals surface area contributed by atoms with Crippen LogP contribution in [-0.4, -0.2) is 5.11 Å². The zero-order valence-corrected chi connectivity index (χ0v) is 13.1. The lowest BCUT2D eigenvalue weighted by Gasteiger charge is -2.12. The Morgan fingerprint density at radius 2 is 1.83 bits per heavy atom. The van der Waals surface area contributed by atoms with Gasteiger partial charge in [-0.2, -0.15) is 0 Å². The van der Waals surface area contributed by atoms with E-state index in [1.165, 1.54) is 44.2 Å². The molecule has 1 unspecified atom stereocenters. The number of hydrogen-bond acceptors (Lipinski definition) is 1. The Morgan fingerprint density at radius 3 is 2.50 bits per heavy atom. The maximum Gasteiger partial charge on any atom is 0.124 e. The molecular formula is C15H22FIO. The van der Waals surface area contributed by atoms with Gasteiger partial charge in [0.2, 0.25) is 0 Å². The van der Waals surface area contributed by atoms with Gasteiger partial charge in [-0.3, -0.25) is 0 Å². The predicted molar refractivity (Wildman–Crippen MR) is 82.1 cm³/mol. The maximum absolute atomic E-state index is 12.9. The van der Waals surface area contributed by atoms with Gasteiger partial charge in [0.25, 0.3) is 0 Å². The molecule has 102 valence electrons. The summed E-state index contributed by atoms with van der Waals surface area (Å²) in [6.45, 7) is 2.21. The second-order valence-corrected chi connectivity index (χ2v) is 5.90. The molecule has 1 aromatic carbocycles. The highest BCUT2D eigenvalue weighted by Gasteiger charge is 2.11. The lowest BCUT2D eigenvalue weighted by atomic mass is 10.0. The van der Waals surface area contributed by atoms with E-state index in [1.807, 2.05) is 0 Å². The molecule has 1 atom stereocenters. The highest BCUT2D eigenvalue weighted by atomic mass is 127. The zero-order chi connectivity index (χ0) is 13.4. The third-order valence-electron chi connectivity index (χ3n) is 3.15. The van der Waals surface area contributed by atoms with Crippen molar-refractivity contribution in [1.82, 2.24) is 0 Å². The van der Waals surface area contributed by atoms with Crippen LogP contribution in [0, 0.1) is 9.39 Å². The molecule has 0 saturated carbocycles. The number of unbranched alkanes of at least 4 members (excludes halogenated alkanes) is 5. The SMILES string of the molecule is CCCCCCCCC(O)c1ccc(F)cc1I. The molecule has 1 nitrogen and oxygen atoms in total. The predicted octanol–water partition coefficient (Wildman–Crippen LogP) is 5.21. The van der Waals surface area contributed by atoms with E-state index in [2.05, 4.69) is 29.5 Å². The number of aliphatic hydroxyl groups is 1. The van der Waals surface area contributed by atoms with Crippen LogP contribution >= 0.6 is 22.6 Å². The minimum absolute atomic E-state index is 0.241. The van der Waals surface area contributed by atoms with Crippen LogP contribution in [0.5, 0.6) is 0 Å². The molecule has 0 aliphatic carbocycles. The molecule has 0 spiro atoms. The van der Waals surface area contributed by atoms with Crippen molar-refractivity contribution in [3.63, 3.8) is 0 Å². The molecule has 0 aromatic heterocycles. The third-order valence-corrected chi connectivity index (χ3v) is 4.09. The van der Waals surface area contributed by atoms with Crippen LogP contribution < -0.4 is 0 Å². The van der Waals surface area contributed by atoms with Gasteiger partial charge in [0.05, 0.1) is 6.10 Å². The summed E-state index contributed by atoms with van der Waals surface area (Å²) >= 11 is 2.08. The molecule has 0 amide bonds. The van der Waals surface area contributed by atoms with E-state index in [0.29, 0.717) is 0 Å². The Hall–Kier alpha value is -0.160. The molecule has 1 N–H and O–H groups in total. The van der Waals surface area contributed by atoms with E-state index in [0.717, 1.165) is 22.0 Å². The Balaban J connectivity index is 2.29. The number of rotatable bonds is 8. The summed E-state index contributed by atoms with van der Waals surface area (Å²) in [6.07, 6.45) is 7.64. The smallest absolute Gasteiger partial charge is 0.124 e. The number of benzene rings is 1. The van der Waals surface area contributed by atoms with Crippen LogP contribution in [0.15, 0.2) is 18.2 Å². The Bertz CT molecular complexity index is 354. The second-order valence-electron chi connectivity index (χ2n) is 4.74. The summed E-state index contributed by atoms with van der Waals surface area (Å²) in [7, 11) is 0. The molecule has 0 aliphatic heterocycles. The van der Waals surface area contributed by atoms with Crippen molar-refractivity contribution in [2.75, 3.05) is 0 Å². The zero-order valence-electron chi connectivity index (χ0n) is 11.0. The van der Waals surface area contributed by atoms with Gasteiger partial charge in [-0.15, -0.1) is 0 Å². The highest BCUT2D eigenvalue weighted by Crippen LogP contribution is 2.25. The van der Waals surface area contributed by atoms with Gasteiger partial charge in [0.1, 0.15) is 5.82 Å². The summed E-state index contributed by atoms with van der Waals surface area (Å²) in [4.78, 5) is 0. The summed E-state index contributed by atoms with van der Waals surface area (Å²) in [5.41, 5.74) is 0.852. The number of halogens is 2. The summed E-state index contributed by atoms with van der Waals surface area (Å²) < 4.78 is 13.8. The number of aliphatic hydroxyl groups excluding tert-OH is 1. The van der Waals surface area contributed by atoms with Crippen LogP contribution in [0.1, 0.15) is 63.5 Å². The lowest BCUT2D eigenvalue weighted by molar-refractivity contribution is 0.162. The van der Waals surface area contributed by atoms with Crippen LogP contribution in [0.2, 0.25) is 0 Å². The topological polar surface area (TPSA) is 20.2 Å². The van der Waals surface area contributed by atoms with Gasteiger partial charge in [0.15, 0.2) is 0 Å². The molecule has 0 aliphatic rings. The molecule has 3 heteroatoms. The fourth-order valence-electron chi connectivity index (χ4n) is 2.05. The van der Waals surface area contributed by atoms with Gasteiger partial charge in [-0.25, -0.2) is 4.39 Å². The van der Waals surface area contributed by atoms with Crippen LogP contribution in [0.4, 0.5) is 4.39 Å². The van der Waals surface area contributed by atoms with E-state index in [9.17, 15) is 9.50 Å². The highest BCUT2D eigenvalue weighted by molar-refractivity contribution is 14.1. The second kappa shape index (κ2) is 8.86. The molecule has 0 bridgehead atoms. The first-order chi connectivity index (χ1) is 8.65. The Morgan fingerprint density at radius 1 is 1.17 bits per heavy atom. The fourth-order valence-corrected chi connectivity index (χ4v) is 2.88. The first-order valence-corrected chi connectivity index (χ1v) is 7.86. The van der Waals surface area contributed by atoms with E-state index < -0.39 is 6.10 Å². The van der Waals surface area contributed by atoms with Crippen molar-refractivity contribution in [1.29, 1.82) is 0 Å². The average Bonchev–Trinajstić information content (AvgIpc) is 2.33. The first kappa shape index (κ1) is 15.9. The first-order valence-electron chi connectivity index (χ1n) is 6.78. The largest absolute Gasteiger partial charge is 0.388 e. The molecule has 1 aromatic rings. The van der Waals surface area contributed by atoms with Crippen molar-refractivity contribution in [2.24, 2.45) is 0 Å². The maximum atomic E-state index is 12.9. The van der Waals surface area contributed by atoms with Gasteiger partial charge in [0, 0.05) is 3.57 Å². The van der Waals surface area contributed by atoms with E-state index in [4.69, 9.17) is 0 Å². The van der Waals surface area contributed by atoms with Gasteiger partial charge >= 0.3 is 0 Å². The normalized spacial score (nSPS) is 12.7. The summed E-state index contributed by atoms with van der Waals surface area (Å²) in [6, 6.07) is 4.58. The van der Waals surface area contributed by atoms with Crippen LogP contribution in [0.25, 0.3) is 0 Å². The quantitative estimate of drug-likeness (QED) is 0.496. The van der Waals surface area contributed by atoms with Gasteiger partial charge in [-0.05, 0) is 46.7 Å². The standard InChI is InChI=1S/C15H22FIO/c1-2-3-4-5-6-7-8-15(18)13-10-9-12(16)11-14(13)17/h9-11,15,18H,2-8H2,1H3. The minimum atomic E-state index is -0.455.